The van der Waals surface area contributed by atoms with Gasteiger partial charge in [0.15, 0.2) is 0 Å². The van der Waals surface area contributed by atoms with Crippen molar-refractivity contribution in [3.8, 4) is 5.75 Å². The summed E-state index contributed by atoms with van der Waals surface area (Å²) in [6.45, 7) is 2.43. The first-order chi connectivity index (χ1) is 8.11. The molecule has 1 unspecified atom stereocenters. The van der Waals surface area contributed by atoms with Crippen LogP contribution in [0.15, 0.2) is 24.3 Å². The molecule has 0 saturated heterocycles. The van der Waals surface area contributed by atoms with Crippen molar-refractivity contribution < 1.29 is 19.4 Å². The smallest absolute Gasteiger partial charge is 0.307 e. The average molecular weight is 238 g/mol. The Balaban J connectivity index is 2.47. The largest absolute Gasteiger partial charge is 0.490 e. The Hall–Kier alpha value is -1.55. The van der Waals surface area contributed by atoms with E-state index in [9.17, 15) is 4.79 Å². The Kier molecular flexibility index (Phi) is 5.49. The van der Waals surface area contributed by atoms with Crippen molar-refractivity contribution in [2.45, 2.75) is 25.9 Å². The predicted octanol–water partition coefficient (Wildman–Crippen LogP) is 2.12. The Bertz CT molecular complexity index is 345. The number of aliphatic carboxylic acids is 1. The molecule has 0 radical (unpaired) electrons. The lowest BCUT2D eigenvalue weighted by molar-refractivity contribution is -0.138. The summed E-state index contributed by atoms with van der Waals surface area (Å²) in [4.78, 5) is 10.5. The lowest BCUT2D eigenvalue weighted by Gasteiger charge is -2.12. The summed E-state index contributed by atoms with van der Waals surface area (Å²) in [7, 11) is 1.67. The summed E-state index contributed by atoms with van der Waals surface area (Å²) in [6.07, 6.45) is 0.546. The molecule has 1 atom stereocenters. The third-order valence-electron chi connectivity index (χ3n) is 2.32. The number of ether oxygens (including phenoxy) is 2. The van der Waals surface area contributed by atoms with Crippen LogP contribution < -0.4 is 4.74 Å². The van der Waals surface area contributed by atoms with Crippen LogP contribution in [0.3, 0.4) is 0 Å². The van der Waals surface area contributed by atoms with E-state index in [0.29, 0.717) is 12.4 Å². The molecule has 1 N–H and O–H groups in total. The molecule has 1 aromatic rings. The highest BCUT2D eigenvalue weighted by Crippen LogP contribution is 2.15. The molecule has 0 aromatic heterocycles. The molecule has 0 heterocycles. The topological polar surface area (TPSA) is 55.8 Å². The Morgan fingerprint density at radius 1 is 1.35 bits per heavy atom. The second kappa shape index (κ2) is 6.91. The highest BCUT2D eigenvalue weighted by Gasteiger charge is 2.08. The van der Waals surface area contributed by atoms with Crippen LogP contribution in [0.2, 0.25) is 0 Å². The molecule has 1 rings (SSSR count). The Labute approximate surface area is 101 Å². The van der Waals surface area contributed by atoms with Gasteiger partial charge in [-0.05, 0) is 31.0 Å². The highest BCUT2D eigenvalue weighted by molar-refractivity contribution is 5.67. The van der Waals surface area contributed by atoms with E-state index in [1.807, 2.05) is 24.3 Å². The van der Waals surface area contributed by atoms with Gasteiger partial charge in [0.05, 0.1) is 13.0 Å². The summed E-state index contributed by atoms with van der Waals surface area (Å²) in [5.41, 5.74) is 1.17. The van der Waals surface area contributed by atoms with E-state index >= 15 is 0 Å². The van der Waals surface area contributed by atoms with E-state index in [2.05, 4.69) is 0 Å². The zero-order valence-electron chi connectivity index (χ0n) is 10.2. The normalized spacial score (nSPS) is 12.1. The highest BCUT2D eigenvalue weighted by atomic mass is 16.5. The SMILES string of the molecule is COCCc1ccc(OC(C)CC(=O)O)cc1. The van der Waals surface area contributed by atoms with Crippen molar-refractivity contribution in [2.24, 2.45) is 0 Å². The third-order valence-corrected chi connectivity index (χ3v) is 2.32. The third kappa shape index (κ3) is 5.36. The van der Waals surface area contributed by atoms with Gasteiger partial charge in [-0.25, -0.2) is 0 Å². The van der Waals surface area contributed by atoms with Gasteiger partial charge in [-0.15, -0.1) is 0 Å². The van der Waals surface area contributed by atoms with Crippen molar-refractivity contribution in [1.29, 1.82) is 0 Å². The molecule has 0 spiro atoms. The molecule has 0 aliphatic rings. The number of hydrogen-bond donors (Lipinski definition) is 1. The first-order valence-electron chi connectivity index (χ1n) is 5.58. The van der Waals surface area contributed by atoms with E-state index in [1.54, 1.807) is 14.0 Å². The summed E-state index contributed by atoms with van der Waals surface area (Å²) in [6, 6.07) is 7.62. The number of rotatable bonds is 7. The molecule has 0 amide bonds. The maximum atomic E-state index is 10.5. The minimum Gasteiger partial charge on any atom is -0.490 e. The van der Waals surface area contributed by atoms with Gasteiger partial charge in [-0.3, -0.25) is 4.79 Å². The molecule has 17 heavy (non-hydrogen) atoms. The molecular formula is C13H18O4. The van der Waals surface area contributed by atoms with Crippen LogP contribution in [-0.4, -0.2) is 30.9 Å². The van der Waals surface area contributed by atoms with E-state index in [-0.39, 0.29) is 12.5 Å². The lowest BCUT2D eigenvalue weighted by atomic mass is 10.1. The monoisotopic (exact) mass is 238 g/mol. The number of benzene rings is 1. The van der Waals surface area contributed by atoms with Gasteiger partial charge in [0.25, 0.3) is 0 Å². The molecule has 1 aromatic carbocycles. The van der Waals surface area contributed by atoms with Crippen LogP contribution >= 0.6 is 0 Å². The summed E-state index contributed by atoms with van der Waals surface area (Å²) < 4.78 is 10.5. The number of carboxylic acid groups (broad SMARTS) is 1. The Morgan fingerprint density at radius 3 is 2.53 bits per heavy atom. The van der Waals surface area contributed by atoms with Gasteiger partial charge in [0.1, 0.15) is 11.9 Å². The minimum atomic E-state index is -0.853. The van der Waals surface area contributed by atoms with Crippen molar-refractivity contribution in [3.05, 3.63) is 29.8 Å². The zero-order chi connectivity index (χ0) is 12.7. The molecule has 0 aliphatic heterocycles. The molecule has 0 saturated carbocycles. The quantitative estimate of drug-likeness (QED) is 0.790. The van der Waals surface area contributed by atoms with Crippen LogP contribution in [0.4, 0.5) is 0 Å². The standard InChI is InChI=1S/C13H18O4/c1-10(9-13(14)15)17-12-5-3-11(4-6-12)7-8-16-2/h3-6,10H,7-9H2,1-2H3,(H,14,15). The van der Waals surface area contributed by atoms with Crippen LogP contribution in [0.25, 0.3) is 0 Å². The second-order valence-electron chi connectivity index (χ2n) is 3.91. The van der Waals surface area contributed by atoms with Gasteiger partial charge in [0, 0.05) is 7.11 Å². The van der Waals surface area contributed by atoms with Gasteiger partial charge in [-0.2, -0.15) is 0 Å². The first kappa shape index (κ1) is 13.5. The van der Waals surface area contributed by atoms with E-state index in [0.717, 1.165) is 6.42 Å². The fourth-order valence-electron chi connectivity index (χ4n) is 1.47. The van der Waals surface area contributed by atoms with Crippen LogP contribution in [0, 0.1) is 0 Å². The zero-order valence-corrected chi connectivity index (χ0v) is 10.2. The Morgan fingerprint density at radius 2 is 2.00 bits per heavy atom. The van der Waals surface area contributed by atoms with E-state index in [1.165, 1.54) is 5.56 Å². The van der Waals surface area contributed by atoms with Crippen molar-refractivity contribution >= 4 is 5.97 Å². The molecular weight excluding hydrogens is 220 g/mol. The summed E-state index contributed by atoms with van der Waals surface area (Å²) >= 11 is 0. The number of hydrogen-bond acceptors (Lipinski definition) is 3. The molecule has 0 fully saturated rings. The lowest BCUT2D eigenvalue weighted by Crippen LogP contribution is -2.16. The predicted molar refractivity (Wildman–Crippen MR) is 64.4 cm³/mol. The molecule has 0 aliphatic carbocycles. The van der Waals surface area contributed by atoms with Gasteiger partial charge >= 0.3 is 5.97 Å². The van der Waals surface area contributed by atoms with Crippen molar-refractivity contribution in [1.82, 2.24) is 0 Å². The molecule has 94 valence electrons. The summed E-state index contributed by atoms with van der Waals surface area (Å²) in [5.74, 6) is -0.158. The van der Waals surface area contributed by atoms with Gasteiger partial charge in [0.2, 0.25) is 0 Å². The summed E-state index contributed by atoms with van der Waals surface area (Å²) in [5, 5.41) is 8.61. The minimum absolute atomic E-state index is 0.00538. The van der Waals surface area contributed by atoms with Crippen LogP contribution in [0.5, 0.6) is 5.75 Å². The molecule has 4 nitrogen and oxygen atoms in total. The average Bonchev–Trinajstić information content (AvgIpc) is 2.27. The first-order valence-corrected chi connectivity index (χ1v) is 5.58. The van der Waals surface area contributed by atoms with Gasteiger partial charge in [-0.1, -0.05) is 12.1 Å². The maximum Gasteiger partial charge on any atom is 0.307 e. The number of carbonyl (C=O) groups is 1. The van der Waals surface area contributed by atoms with Crippen LogP contribution in [-0.2, 0) is 16.0 Å². The fourth-order valence-corrected chi connectivity index (χ4v) is 1.47. The fraction of sp³-hybridized carbons (Fsp3) is 0.462. The number of carboxylic acids is 1. The van der Waals surface area contributed by atoms with E-state index < -0.39 is 5.97 Å². The van der Waals surface area contributed by atoms with E-state index in [4.69, 9.17) is 14.6 Å². The van der Waals surface area contributed by atoms with Crippen molar-refractivity contribution in [3.63, 3.8) is 0 Å². The number of methoxy groups -OCH3 is 1. The maximum absolute atomic E-state index is 10.5. The molecule has 0 bridgehead atoms. The van der Waals surface area contributed by atoms with Gasteiger partial charge < -0.3 is 14.6 Å². The molecule has 4 heteroatoms. The second-order valence-corrected chi connectivity index (χ2v) is 3.91. The van der Waals surface area contributed by atoms with Crippen molar-refractivity contribution in [2.75, 3.05) is 13.7 Å². The van der Waals surface area contributed by atoms with Crippen LogP contribution in [0.1, 0.15) is 18.9 Å².